The first kappa shape index (κ1) is 9.48. The highest BCUT2D eigenvalue weighted by molar-refractivity contribution is 7.13. The molecule has 0 amide bonds. The molecule has 3 nitrogen and oxygen atoms in total. The van der Waals surface area contributed by atoms with E-state index in [1.807, 2.05) is 0 Å². The van der Waals surface area contributed by atoms with E-state index in [0.717, 1.165) is 0 Å². The summed E-state index contributed by atoms with van der Waals surface area (Å²) >= 11 is 7.23. The number of anilines is 1. The molecule has 0 aliphatic heterocycles. The number of nitrogens with zero attached hydrogens (tertiary/aromatic N) is 1. The van der Waals surface area contributed by atoms with E-state index in [4.69, 9.17) is 17.3 Å². The van der Waals surface area contributed by atoms with Crippen LogP contribution in [0.1, 0.15) is 19.5 Å². The maximum absolute atomic E-state index is 11.1. The minimum atomic E-state index is -1.03. The number of aromatic nitrogens is 1. The molecule has 0 aliphatic rings. The van der Waals surface area contributed by atoms with Crippen molar-refractivity contribution in [1.29, 1.82) is 0 Å². The Bertz CT molecular complexity index is 308. The van der Waals surface area contributed by atoms with E-state index >= 15 is 0 Å². The highest BCUT2D eigenvalue weighted by Gasteiger charge is 2.31. The first-order chi connectivity index (χ1) is 5.44. The summed E-state index contributed by atoms with van der Waals surface area (Å²) in [6.45, 7) is 3.05. The fourth-order valence-corrected chi connectivity index (χ4v) is 1.52. The van der Waals surface area contributed by atoms with Crippen molar-refractivity contribution in [1.82, 2.24) is 4.98 Å². The van der Waals surface area contributed by atoms with Crippen LogP contribution in [0.5, 0.6) is 0 Å². The van der Waals surface area contributed by atoms with Crippen molar-refractivity contribution in [3.63, 3.8) is 0 Å². The van der Waals surface area contributed by atoms with E-state index < -0.39 is 4.87 Å². The van der Waals surface area contributed by atoms with Gasteiger partial charge in [0.05, 0.1) is 5.69 Å². The van der Waals surface area contributed by atoms with Gasteiger partial charge < -0.3 is 5.73 Å². The van der Waals surface area contributed by atoms with Crippen LogP contribution in [0.15, 0.2) is 5.38 Å². The van der Waals surface area contributed by atoms with Gasteiger partial charge in [-0.2, -0.15) is 0 Å². The maximum Gasteiger partial charge on any atom is 0.180 e. The molecular formula is C7H9ClN2OS. The Labute approximate surface area is 79.6 Å². The summed E-state index contributed by atoms with van der Waals surface area (Å²) in [4.78, 5) is 14.0. The van der Waals surface area contributed by atoms with Gasteiger partial charge in [0.25, 0.3) is 0 Å². The van der Waals surface area contributed by atoms with Crippen molar-refractivity contribution < 1.29 is 4.79 Å². The molecule has 0 bridgehead atoms. The van der Waals surface area contributed by atoms with Crippen molar-refractivity contribution in [2.24, 2.45) is 0 Å². The average molecular weight is 205 g/mol. The lowest BCUT2D eigenvalue weighted by atomic mass is 10.0. The van der Waals surface area contributed by atoms with Crippen LogP contribution >= 0.6 is 22.9 Å². The summed E-state index contributed by atoms with van der Waals surface area (Å²) in [6.07, 6.45) is 0. The van der Waals surface area contributed by atoms with Gasteiger partial charge in [-0.05, 0) is 13.8 Å². The Morgan fingerprint density at radius 3 is 2.75 bits per heavy atom. The zero-order valence-corrected chi connectivity index (χ0v) is 8.37. The monoisotopic (exact) mass is 204 g/mol. The molecule has 1 unspecified atom stereocenters. The first-order valence-electron chi connectivity index (χ1n) is 3.36. The number of nitrogen functional groups attached to an aromatic ring is 1. The summed E-state index contributed by atoms with van der Waals surface area (Å²) in [5, 5.41) is 2.13. The Kier molecular flexibility index (Phi) is 2.39. The number of Topliss-reactive ketones (excluding diaryl/α,β-unsaturated/α-hetero) is 1. The number of carbonyl (C=O) groups excluding carboxylic acids is 1. The van der Waals surface area contributed by atoms with Gasteiger partial charge in [-0.3, -0.25) is 4.79 Å². The van der Waals surface area contributed by atoms with Crippen molar-refractivity contribution in [2.75, 3.05) is 5.73 Å². The third kappa shape index (κ3) is 1.59. The van der Waals surface area contributed by atoms with Crippen molar-refractivity contribution in [2.45, 2.75) is 18.7 Å². The number of ketones is 1. The molecule has 0 radical (unpaired) electrons. The van der Waals surface area contributed by atoms with E-state index in [-0.39, 0.29) is 5.78 Å². The van der Waals surface area contributed by atoms with Crippen LogP contribution in [-0.2, 0) is 9.67 Å². The molecule has 0 saturated carbocycles. The number of halogens is 1. The molecular weight excluding hydrogens is 196 g/mol. The molecule has 0 aromatic carbocycles. The van der Waals surface area contributed by atoms with Gasteiger partial charge in [-0.1, -0.05) is 0 Å². The lowest BCUT2D eigenvalue weighted by Gasteiger charge is -2.14. The number of hydrogen-bond acceptors (Lipinski definition) is 4. The van der Waals surface area contributed by atoms with Gasteiger partial charge in [-0.25, -0.2) is 4.98 Å². The molecule has 0 spiro atoms. The van der Waals surface area contributed by atoms with Crippen LogP contribution < -0.4 is 5.73 Å². The van der Waals surface area contributed by atoms with Crippen molar-refractivity contribution in [3.05, 3.63) is 11.1 Å². The Balaban J connectivity index is 3.05. The summed E-state index contributed by atoms with van der Waals surface area (Å²) in [7, 11) is 0. The van der Waals surface area contributed by atoms with Crippen LogP contribution in [0.2, 0.25) is 0 Å². The molecule has 2 N–H and O–H groups in total. The molecule has 1 aromatic rings. The first-order valence-corrected chi connectivity index (χ1v) is 4.62. The molecule has 0 fully saturated rings. The fraction of sp³-hybridized carbons (Fsp3) is 0.429. The van der Waals surface area contributed by atoms with E-state index in [1.54, 1.807) is 12.3 Å². The number of alkyl halides is 1. The molecule has 1 heterocycles. The Hall–Kier alpha value is -0.610. The topological polar surface area (TPSA) is 56.0 Å². The quantitative estimate of drug-likeness (QED) is 0.747. The molecule has 1 aromatic heterocycles. The second kappa shape index (κ2) is 3.03. The molecule has 0 aliphatic carbocycles. The summed E-state index contributed by atoms with van der Waals surface area (Å²) in [5.41, 5.74) is 5.94. The second-order valence-corrected chi connectivity index (χ2v) is 4.28. The number of carbonyl (C=O) groups is 1. The van der Waals surface area contributed by atoms with Crippen LogP contribution in [0.25, 0.3) is 0 Å². The van der Waals surface area contributed by atoms with Crippen LogP contribution in [-0.4, -0.2) is 10.8 Å². The average Bonchev–Trinajstić information content (AvgIpc) is 2.35. The standard InChI is InChI=1S/C7H9ClN2OS/c1-4(11)7(2,8)5-3-12-6(9)10-5/h3H,1-2H3,(H2,9,10). The van der Waals surface area contributed by atoms with Crippen LogP contribution in [0.4, 0.5) is 5.13 Å². The number of rotatable bonds is 2. The van der Waals surface area contributed by atoms with Gasteiger partial charge in [-0.15, -0.1) is 22.9 Å². The molecule has 0 saturated heterocycles. The smallest absolute Gasteiger partial charge is 0.180 e. The number of nitrogens with two attached hydrogens (primary N) is 1. The highest BCUT2D eigenvalue weighted by Crippen LogP contribution is 2.30. The van der Waals surface area contributed by atoms with Gasteiger partial charge in [0.15, 0.2) is 10.9 Å². The predicted octanol–water partition coefficient (Wildman–Crippen LogP) is 1.77. The normalized spacial score (nSPS) is 15.6. The largest absolute Gasteiger partial charge is 0.375 e. The third-order valence-electron chi connectivity index (χ3n) is 1.66. The number of thiazole rings is 1. The second-order valence-electron chi connectivity index (χ2n) is 2.63. The molecule has 1 atom stereocenters. The summed E-state index contributed by atoms with van der Waals surface area (Å²) < 4.78 is 0. The molecule has 5 heteroatoms. The third-order valence-corrected chi connectivity index (χ3v) is 2.80. The lowest BCUT2D eigenvalue weighted by molar-refractivity contribution is -0.119. The van der Waals surface area contributed by atoms with E-state index in [9.17, 15) is 4.79 Å². The zero-order chi connectivity index (χ0) is 9.35. The van der Waals surface area contributed by atoms with Crippen molar-refractivity contribution in [3.8, 4) is 0 Å². The van der Waals surface area contributed by atoms with E-state index in [0.29, 0.717) is 10.8 Å². The molecule has 1 rings (SSSR count). The highest BCUT2D eigenvalue weighted by atomic mass is 35.5. The zero-order valence-electron chi connectivity index (χ0n) is 6.80. The van der Waals surface area contributed by atoms with Gasteiger partial charge in [0, 0.05) is 5.38 Å². The minimum Gasteiger partial charge on any atom is -0.375 e. The van der Waals surface area contributed by atoms with E-state index in [2.05, 4.69) is 4.98 Å². The Morgan fingerprint density at radius 2 is 2.42 bits per heavy atom. The lowest BCUT2D eigenvalue weighted by Crippen LogP contribution is -2.23. The molecule has 12 heavy (non-hydrogen) atoms. The maximum atomic E-state index is 11.1. The van der Waals surface area contributed by atoms with Gasteiger partial charge in [0.2, 0.25) is 0 Å². The van der Waals surface area contributed by atoms with Gasteiger partial charge >= 0.3 is 0 Å². The van der Waals surface area contributed by atoms with Crippen LogP contribution in [0, 0.1) is 0 Å². The minimum absolute atomic E-state index is 0.130. The summed E-state index contributed by atoms with van der Waals surface area (Å²) in [5.74, 6) is -0.130. The molecule has 66 valence electrons. The predicted molar refractivity (Wildman–Crippen MR) is 50.4 cm³/mol. The van der Waals surface area contributed by atoms with Crippen molar-refractivity contribution >= 4 is 33.9 Å². The number of hydrogen-bond donors (Lipinski definition) is 1. The summed E-state index contributed by atoms with van der Waals surface area (Å²) in [6, 6.07) is 0. The SMILES string of the molecule is CC(=O)C(C)(Cl)c1csc(N)n1. The van der Waals surface area contributed by atoms with Crippen LogP contribution in [0.3, 0.4) is 0 Å². The van der Waals surface area contributed by atoms with E-state index in [1.165, 1.54) is 18.3 Å². The fourth-order valence-electron chi connectivity index (χ4n) is 0.684. The van der Waals surface area contributed by atoms with Gasteiger partial charge in [0.1, 0.15) is 4.87 Å². The Morgan fingerprint density at radius 1 is 1.83 bits per heavy atom.